The average molecular weight is 622 g/mol. The van der Waals surface area contributed by atoms with Crippen LogP contribution in [0.3, 0.4) is 0 Å². The second-order valence-electron chi connectivity index (χ2n) is 14.1. The number of aliphatic hydroxyl groups excluding tert-OH is 1. The average Bonchev–Trinajstić information content (AvgIpc) is 3.42. The molecular weight excluding hydrogens is 572 g/mol. The molecule has 1 spiro atoms. The highest BCUT2D eigenvalue weighted by Crippen LogP contribution is 2.64. The van der Waals surface area contributed by atoms with Crippen molar-refractivity contribution in [1.29, 1.82) is 0 Å². The summed E-state index contributed by atoms with van der Waals surface area (Å²) in [6.07, 6.45) is 10.3. The highest BCUT2D eigenvalue weighted by Gasteiger charge is 2.68. The van der Waals surface area contributed by atoms with Crippen molar-refractivity contribution in [2.75, 3.05) is 20.2 Å². The van der Waals surface area contributed by atoms with Crippen LogP contribution in [0.2, 0.25) is 0 Å². The number of hydrogen-bond acceptors (Lipinski definition) is 4. The van der Waals surface area contributed by atoms with Gasteiger partial charge >= 0.3 is 0 Å². The van der Waals surface area contributed by atoms with E-state index < -0.39 is 12.0 Å². The van der Waals surface area contributed by atoms with Gasteiger partial charge in [-0.05, 0) is 80.2 Å². The molecule has 2 bridgehead atoms. The first-order valence-corrected chi connectivity index (χ1v) is 17.4. The van der Waals surface area contributed by atoms with Gasteiger partial charge in [-0.15, -0.1) is 0 Å². The lowest BCUT2D eigenvalue weighted by molar-refractivity contribution is -0.989. The quantitative estimate of drug-likeness (QED) is 0.169. The second-order valence-corrected chi connectivity index (χ2v) is 14.1. The third-order valence-corrected chi connectivity index (χ3v) is 11.8. The normalized spacial score (nSPS) is 28.3. The summed E-state index contributed by atoms with van der Waals surface area (Å²) in [6.45, 7) is 5.67. The molecule has 3 aromatic carbocycles. The van der Waals surface area contributed by atoms with Crippen LogP contribution in [-0.4, -0.2) is 54.1 Å². The Labute approximate surface area is 274 Å². The number of aryl methyl sites for hydroxylation is 2. The van der Waals surface area contributed by atoms with Crippen molar-refractivity contribution in [3.05, 3.63) is 108 Å². The fourth-order valence-electron chi connectivity index (χ4n) is 9.71. The number of hydrogen-bond donors (Lipinski definition) is 2. The predicted molar refractivity (Wildman–Crippen MR) is 181 cm³/mol. The van der Waals surface area contributed by atoms with Gasteiger partial charge in [0.25, 0.3) is 5.91 Å². The number of carbonyl (C=O) groups is 1. The number of rotatable bonds is 13. The molecular formula is C40H49N2O4+. The predicted octanol–water partition coefficient (Wildman–Crippen LogP) is 6.49. The smallest absolute Gasteiger partial charge is 0.270 e. The number of nitrogens with zero attached hydrogens (tertiary/aromatic N) is 1. The summed E-state index contributed by atoms with van der Waals surface area (Å²) in [5.74, 6) is 1.68. The van der Waals surface area contributed by atoms with Gasteiger partial charge in [-0.3, -0.25) is 4.79 Å². The van der Waals surface area contributed by atoms with Crippen molar-refractivity contribution in [2.45, 2.75) is 87.9 Å². The minimum atomic E-state index is -0.711. The topological polar surface area (TPSA) is 67.8 Å². The molecule has 1 saturated heterocycles. The number of piperidine rings is 1. The second kappa shape index (κ2) is 12.9. The Balaban J connectivity index is 1.16. The lowest BCUT2D eigenvalue weighted by Crippen LogP contribution is -2.77. The maximum atomic E-state index is 14.5. The summed E-state index contributed by atoms with van der Waals surface area (Å²) in [6, 6.07) is 25.2. The van der Waals surface area contributed by atoms with E-state index in [1.807, 2.05) is 30.3 Å². The molecule has 2 heterocycles. The van der Waals surface area contributed by atoms with Crippen LogP contribution in [0, 0.1) is 11.8 Å². The minimum Gasteiger partial charge on any atom is -0.493 e. The van der Waals surface area contributed by atoms with Crippen LogP contribution in [0.4, 0.5) is 0 Å². The van der Waals surface area contributed by atoms with E-state index in [9.17, 15) is 9.90 Å². The Morgan fingerprint density at radius 3 is 2.52 bits per heavy atom. The molecule has 46 heavy (non-hydrogen) atoms. The molecule has 6 heteroatoms. The molecule has 3 unspecified atom stereocenters. The molecule has 1 saturated carbocycles. The largest absolute Gasteiger partial charge is 0.493 e. The molecule has 2 aliphatic heterocycles. The van der Waals surface area contributed by atoms with Gasteiger partial charge in [-0.1, -0.05) is 73.3 Å². The van der Waals surface area contributed by atoms with E-state index in [1.165, 1.54) is 22.3 Å². The number of methoxy groups -OCH3 is 1. The van der Waals surface area contributed by atoms with Crippen LogP contribution in [0.25, 0.3) is 0 Å². The van der Waals surface area contributed by atoms with Gasteiger partial charge in [-0.25, -0.2) is 10.0 Å². The highest BCUT2D eigenvalue weighted by atomic mass is 16.5. The van der Waals surface area contributed by atoms with Gasteiger partial charge in [0.05, 0.1) is 24.5 Å². The zero-order valence-corrected chi connectivity index (χ0v) is 27.2. The van der Waals surface area contributed by atoms with Crippen molar-refractivity contribution in [1.82, 2.24) is 5.43 Å². The number of carbonyl (C=O) groups excluding carboxylic acids is 1. The fourth-order valence-corrected chi connectivity index (χ4v) is 9.71. The molecule has 3 aromatic rings. The molecule has 2 N–H and O–H groups in total. The van der Waals surface area contributed by atoms with Gasteiger partial charge in [-0.2, -0.15) is 0 Å². The molecule has 4 aliphatic rings. The van der Waals surface area contributed by atoms with Crippen molar-refractivity contribution in [2.24, 2.45) is 11.8 Å². The molecule has 1 amide bonds. The molecule has 0 aromatic heterocycles. The summed E-state index contributed by atoms with van der Waals surface area (Å²) in [5, 5.41) is 11.6. The van der Waals surface area contributed by atoms with Crippen LogP contribution in [0.5, 0.6) is 11.5 Å². The first-order valence-electron chi connectivity index (χ1n) is 17.4. The van der Waals surface area contributed by atoms with E-state index in [-0.39, 0.29) is 23.5 Å². The van der Waals surface area contributed by atoms with Crippen LogP contribution in [-0.2, 0) is 29.5 Å². The number of amides is 1. The summed E-state index contributed by atoms with van der Waals surface area (Å²) in [7, 11) is 1.73. The Morgan fingerprint density at radius 1 is 1.07 bits per heavy atom. The van der Waals surface area contributed by atoms with E-state index >= 15 is 0 Å². The molecule has 0 radical (unpaired) electrons. The monoisotopic (exact) mass is 621 g/mol. The van der Waals surface area contributed by atoms with Crippen molar-refractivity contribution < 1.29 is 24.0 Å². The van der Waals surface area contributed by atoms with E-state index in [0.717, 1.165) is 69.4 Å². The van der Waals surface area contributed by atoms with E-state index in [1.54, 1.807) is 7.11 Å². The zero-order chi connectivity index (χ0) is 31.7. The van der Waals surface area contributed by atoms with Crippen LogP contribution in [0.15, 0.2) is 85.5 Å². The number of nitrogens with one attached hydrogen (secondary N) is 1. The van der Waals surface area contributed by atoms with Gasteiger partial charge in [0, 0.05) is 24.3 Å². The Morgan fingerprint density at radius 2 is 1.80 bits per heavy atom. The van der Waals surface area contributed by atoms with E-state index in [0.29, 0.717) is 29.9 Å². The summed E-state index contributed by atoms with van der Waals surface area (Å²) < 4.78 is 13.0. The Kier molecular flexibility index (Phi) is 8.69. The van der Waals surface area contributed by atoms with Crippen molar-refractivity contribution in [3.8, 4) is 11.5 Å². The zero-order valence-electron chi connectivity index (χ0n) is 27.2. The Hall–Kier alpha value is -3.61. The molecule has 7 atom stereocenters. The number of quaternary nitrogens is 1. The lowest BCUT2D eigenvalue weighted by Gasteiger charge is -2.60. The number of aliphatic hydroxyl groups is 1. The number of ether oxygens (including phenoxy) is 2. The third-order valence-electron chi connectivity index (χ3n) is 11.8. The highest BCUT2D eigenvalue weighted by molar-refractivity contribution is 5.78. The van der Waals surface area contributed by atoms with E-state index in [2.05, 4.69) is 60.5 Å². The van der Waals surface area contributed by atoms with Crippen molar-refractivity contribution >= 4 is 5.91 Å². The van der Waals surface area contributed by atoms with Gasteiger partial charge in [0.15, 0.2) is 11.5 Å². The van der Waals surface area contributed by atoms with Gasteiger partial charge in [0.1, 0.15) is 25.2 Å². The van der Waals surface area contributed by atoms with Crippen LogP contribution < -0.4 is 14.9 Å². The lowest BCUT2D eigenvalue weighted by atomic mass is 9.51. The Bertz CT molecular complexity index is 1540. The summed E-state index contributed by atoms with van der Waals surface area (Å²) >= 11 is 0. The number of likely N-dealkylation sites (tertiary alicyclic amines) is 1. The van der Waals surface area contributed by atoms with Gasteiger partial charge in [0.2, 0.25) is 0 Å². The molecule has 7 rings (SSSR count). The van der Waals surface area contributed by atoms with Crippen LogP contribution in [0.1, 0.15) is 67.2 Å². The molecule has 2 aliphatic carbocycles. The fraction of sp³-hybridized carbons (Fsp3) is 0.475. The van der Waals surface area contributed by atoms with Gasteiger partial charge < -0.3 is 14.6 Å². The third kappa shape index (κ3) is 5.33. The molecule has 6 nitrogen and oxygen atoms in total. The van der Waals surface area contributed by atoms with Crippen LogP contribution >= 0.6 is 0 Å². The maximum absolute atomic E-state index is 14.5. The summed E-state index contributed by atoms with van der Waals surface area (Å²) in [5.41, 5.74) is 8.77. The van der Waals surface area contributed by atoms with E-state index in [4.69, 9.17) is 9.47 Å². The molecule has 2 fully saturated rings. The minimum absolute atomic E-state index is 0.0301. The van der Waals surface area contributed by atoms with Crippen molar-refractivity contribution in [3.63, 3.8) is 0 Å². The first-order chi connectivity index (χ1) is 22.5. The number of benzene rings is 3. The summed E-state index contributed by atoms with van der Waals surface area (Å²) in [4.78, 5) is 14.5. The molecule has 242 valence electrons. The SMILES string of the molecule is C=CC[N+]1(NC(=O)C(CCc2ccccc2)C(O)CCCc2ccccc2)CC[C@]23c4c5ccc(OC)c4O[C@H]2CCC[C@H]3[C@H]1C5. The maximum Gasteiger partial charge on any atom is 0.270 e. The first kappa shape index (κ1) is 31.0. The standard InChI is InChI=1S/C40H48N2O4/c1-3-25-42(26-24-40-32-17-11-19-36(40)46-38-35(45-2)23-21-30(37(38)40)27-33(32)42)41-39(44)31(22-20-29-14-8-5-9-15-29)34(43)18-10-16-28-12-6-4-7-13-28/h3-9,12-15,21,23,31-34,36,43H,1,10-11,16-20,22,24-27H2,2H3/p+1/t31?,32-,33+,34?,36-,40+,42?/m0/s1.